The molecule has 2 rings (SSSR count). The maximum atomic E-state index is 2.27. The van der Waals surface area contributed by atoms with Crippen LogP contribution >= 0.6 is 70.6 Å². The fourth-order valence-electron chi connectivity index (χ4n) is 1.45. The Morgan fingerprint density at radius 3 is 1.75 bits per heavy atom. The lowest BCUT2D eigenvalue weighted by Gasteiger charge is -2.03. The molecule has 0 nitrogen and oxygen atoms in total. The molecule has 112 valence electrons. The Hall–Kier alpha value is 1.32. The Kier molecular flexibility index (Phi) is 8.98. The summed E-state index contributed by atoms with van der Waals surface area (Å²) in [6, 6.07) is 0. The SMILES string of the molecule is CCCCSC1=C(SCCCC)SC(=C2SC=CS2)S1. The van der Waals surface area contributed by atoms with Gasteiger partial charge in [0.05, 0.1) is 16.9 Å². The molecular formula is C14H20S6. The Balaban J connectivity index is 1.95. The average Bonchev–Trinajstić information content (AvgIpc) is 3.09. The normalized spacial score (nSPS) is 18.7. The van der Waals surface area contributed by atoms with Gasteiger partial charge in [-0.2, -0.15) is 0 Å². The lowest BCUT2D eigenvalue weighted by atomic mass is 10.4. The Morgan fingerprint density at radius 2 is 1.30 bits per heavy atom. The Bertz CT molecular complexity index is 376. The molecule has 0 radical (unpaired) electrons. The monoisotopic (exact) mass is 380 g/mol. The van der Waals surface area contributed by atoms with Crippen LogP contribution in [-0.4, -0.2) is 11.5 Å². The first-order chi connectivity index (χ1) is 9.85. The molecule has 0 fully saturated rings. The van der Waals surface area contributed by atoms with Crippen LogP contribution in [0.4, 0.5) is 0 Å². The van der Waals surface area contributed by atoms with Gasteiger partial charge in [0.15, 0.2) is 0 Å². The van der Waals surface area contributed by atoms with E-state index in [1.165, 1.54) is 45.7 Å². The van der Waals surface area contributed by atoms with Gasteiger partial charge in [-0.15, -0.1) is 23.5 Å². The summed E-state index contributed by atoms with van der Waals surface area (Å²) in [6.07, 6.45) is 5.23. The van der Waals surface area contributed by atoms with E-state index in [9.17, 15) is 0 Å². The van der Waals surface area contributed by atoms with E-state index < -0.39 is 0 Å². The summed E-state index contributed by atoms with van der Waals surface area (Å²) in [5, 5.41) is 4.39. The molecule has 6 heteroatoms. The highest BCUT2D eigenvalue weighted by Crippen LogP contribution is 2.61. The molecule has 0 aromatic heterocycles. The summed E-state index contributed by atoms with van der Waals surface area (Å²) < 4.78 is 6.09. The minimum absolute atomic E-state index is 1.26. The smallest absolute Gasteiger partial charge is 0.0717 e. The number of thioether (sulfide) groups is 6. The van der Waals surface area contributed by atoms with Crippen molar-refractivity contribution >= 4 is 70.6 Å². The zero-order chi connectivity index (χ0) is 14.2. The van der Waals surface area contributed by atoms with Crippen LogP contribution in [0.5, 0.6) is 0 Å². The van der Waals surface area contributed by atoms with E-state index in [0.29, 0.717) is 0 Å². The van der Waals surface area contributed by atoms with Crippen molar-refractivity contribution in [2.75, 3.05) is 11.5 Å². The van der Waals surface area contributed by atoms with Gasteiger partial charge in [0, 0.05) is 0 Å². The van der Waals surface area contributed by atoms with E-state index in [4.69, 9.17) is 0 Å². The van der Waals surface area contributed by atoms with Gasteiger partial charge >= 0.3 is 0 Å². The van der Waals surface area contributed by atoms with Gasteiger partial charge in [0.1, 0.15) is 0 Å². The number of hydrogen-bond donors (Lipinski definition) is 0. The van der Waals surface area contributed by atoms with E-state index in [2.05, 4.69) is 48.2 Å². The van der Waals surface area contributed by atoms with Gasteiger partial charge in [-0.05, 0) is 35.2 Å². The van der Waals surface area contributed by atoms with E-state index >= 15 is 0 Å². The van der Waals surface area contributed by atoms with E-state index in [-0.39, 0.29) is 0 Å². The predicted molar refractivity (Wildman–Crippen MR) is 108 cm³/mol. The summed E-state index contributed by atoms with van der Waals surface area (Å²) in [5.41, 5.74) is 0. The van der Waals surface area contributed by atoms with E-state index in [1.807, 2.05) is 47.0 Å². The molecule has 20 heavy (non-hydrogen) atoms. The highest BCUT2D eigenvalue weighted by molar-refractivity contribution is 8.42. The molecule has 0 atom stereocenters. The van der Waals surface area contributed by atoms with Crippen LogP contribution in [0.2, 0.25) is 0 Å². The zero-order valence-corrected chi connectivity index (χ0v) is 16.7. The van der Waals surface area contributed by atoms with Gasteiger partial charge in [0.2, 0.25) is 0 Å². The molecule has 0 aromatic carbocycles. The average molecular weight is 381 g/mol. The summed E-state index contributed by atoms with van der Waals surface area (Å²) in [7, 11) is 0. The van der Waals surface area contributed by atoms with E-state index in [0.717, 1.165) is 0 Å². The Morgan fingerprint density at radius 1 is 0.800 bits per heavy atom. The molecule has 0 aliphatic carbocycles. The fourth-order valence-corrected chi connectivity index (χ4v) is 9.78. The molecule has 0 saturated carbocycles. The summed E-state index contributed by atoms with van der Waals surface area (Å²) >= 11 is 11.9. The molecule has 0 spiro atoms. The maximum Gasteiger partial charge on any atom is 0.0717 e. The van der Waals surface area contributed by atoms with Crippen LogP contribution < -0.4 is 0 Å². The van der Waals surface area contributed by atoms with Crippen molar-refractivity contribution in [2.24, 2.45) is 0 Å². The predicted octanol–water partition coefficient (Wildman–Crippen LogP) is 7.74. The second-order valence-electron chi connectivity index (χ2n) is 4.27. The molecule has 0 aromatic rings. The van der Waals surface area contributed by atoms with Crippen LogP contribution in [-0.2, 0) is 0 Å². The first kappa shape index (κ1) is 17.7. The van der Waals surface area contributed by atoms with Crippen LogP contribution in [0.15, 0.2) is 27.8 Å². The van der Waals surface area contributed by atoms with Gasteiger partial charge in [0.25, 0.3) is 0 Å². The Labute approximate surface area is 148 Å². The number of rotatable bonds is 8. The summed E-state index contributed by atoms with van der Waals surface area (Å²) in [4.78, 5) is 0. The second-order valence-corrected chi connectivity index (χ2v) is 11.4. The van der Waals surface area contributed by atoms with Crippen molar-refractivity contribution in [1.82, 2.24) is 0 Å². The van der Waals surface area contributed by atoms with Crippen LogP contribution in [0.3, 0.4) is 0 Å². The van der Waals surface area contributed by atoms with Crippen molar-refractivity contribution in [1.29, 1.82) is 0 Å². The molecule has 2 aliphatic heterocycles. The standard InChI is InChI=1S/C14H20S6/c1-3-5-7-15-12-13(16-8-6-4-2)20-14(19-12)11-17-9-10-18-11/h9-10H,3-8H2,1-2H3. The second kappa shape index (κ2) is 10.2. The van der Waals surface area contributed by atoms with Crippen LogP contribution in [0, 0.1) is 0 Å². The molecule has 2 aliphatic rings. The maximum absolute atomic E-state index is 2.27. The molecular weight excluding hydrogens is 361 g/mol. The largest absolute Gasteiger partial charge is 0.117 e. The first-order valence-electron chi connectivity index (χ1n) is 6.93. The highest BCUT2D eigenvalue weighted by Gasteiger charge is 2.25. The van der Waals surface area contributed by atoms with Crippen LogP contribution in [0.25, 0.3) is 0 Å². The quantitative estimate of drug-likeness (QED) is 0.392. The third kappa shape index (κ3) is 5.51. The van der Waals surface area contributed by atoms with Gasteiger partial charge in [-0.1, -0.05) is 73.7 Å². The van der Waals surface area contributed by atoms with Crippen LogP contribution in [0.1, 0.15) is 39.5 Å². The van der Waals surface area contributed by atoms with Gasteiger partial charge in [-0.25, -0.2) is 0 Å². The topological polar surface area (TPSA) is 0 Å². The number of unbranched alkanes of at least 4 members (excludes halogenated alkanes) is 2. The number of hydrogen-bond acceptors (Lipinski definition) is 6. The lowest BCUT2D eigenvalue weighted by Crippen LogP contribution is -1.80. The highest BCUT2D eigenvalue weighted by atomic mass is 32.3. The first-order valence-corrected chi connectivity index (χ1v) is 12.3. The van der Waals surface area contributed by atoms with Crippen molar-refractivity contribution in [3.8, 4) is 0 Å². The summed E-state index contributed by atoms with van der Waals surface area (Å²) in [6.45, 7) is 4.54. The molecule has 0 saturated heterocycles. The van der Waals surface area contributed by atoms with Crippen molar-refractivity contribution in [3.05, 3.63) is 27.8 Å². The van der Waals surface area contributed by atoms with Gasteiger partial charge in [-0.3, -0.25) is 0 Å². The minimum atomic E-state index is 1.26. The molecule has 0 amide bonds. The van der Waals surface area contributed by atoms with Crippen molar-refractivity contribution in [2.45, 2.75) is 39.5 Å². The summed E-state index contributed by atoms with van der Waals surface area (Å²) in [5.74, 6) is 2.52. The van der Waals surface area contributed by atoms with Crippen molar-refractivity contribution in [3.63, 3.8) is 0 Å². The fraction of sp³-hybridized carbons (Fsp3) is 0.571. The molecule has 0 unspecified atom stereocenters. The van der Waals surface area contributed by atoms with Crippen molar-refractivity contribution < 1.29 is 0 Å². The molecule has 0 N–H and O–H groups in total. The molecule has 2 heterocycles. The molecule has 0 bridgehead atoms. The minimum Gasteiger partial charge on any atom is -0.117 e. The lowest BCUT2D eigenvalue weighted by molar-refractivity contribution is 0.897. The third-order valence-electron chi connectivity index (χ3n) is 2.57. The third-order valence-corrected chi connectivity index (χ3v) is 10.9. The zero-order valence-electron chi connectivity index (χ0n) is 11.8. The van der Waals surface area contributed by atoms with E-state index in [1.54, 1.807) is 8.47 Å². The van der Waals surface area contributed by atoms with Gasteiger partial charge < -0.3 is 0 Å².